The van der Waals surface area contributed by atoms with Gasteiger partial charge in [-0.15, -0.1) is 0 Å². The Balaban J connectivity index is 2.25. The quantitative estimate of drug-likeness (QED) is 0.359. The normalized spacial score (nSPS) is 21.2. The maximum atomic E-state index is 12.4. The molecule has 178 valence electrons. The van der Waals surface area contributed by atoms with Gasteiger partial charge in [0.1, 0.15) is 0 Å². The van der Waals surface area contributed by atoms with Crippen molar-refractivity contribution in [3.63, 3.8) is 0 Å². The highest BCUT2D eigenvalue weighted by Gasteiger charge is 2.44. The number of carbonyl (C=O) groups is 3. The van der Waals surface area contributed by atoms with Crippen molar-refractivity contribution in [3.05, 3.63) is 11.3 Å². The van der Waals surface area contributed by atoms with E-state index in [2.05, 4.69) is 93.5 Å². The van der Waals surface area contributed by atoms with E-state index in [1.807, 2.05) is 6.92 Å². The second kappa shape index (κ2) is 15.2. The van der Waals surface area contributed by atoms with E-state index in [1.165, 1.54) is 0 Å². The molecule has 1 fully saturated rings. The minimum Gasteiger partial charge on any atom is -0.378 e. The molecule has 0 bridgehead atoms. The number of carbonyl (C=O) groups excluding carboxylic acids is 3. The van der Waals surface area contributed by atoms with Crippen LogP contribution in [-0.2, 0) is 14.3 Å². The number of rotatable bonds is 5. The van der Waals surface area contributed by atoms with E-state index >= 15 is 0 Å². The third-order valence-electron chi connectivity index (χ3n) is 5.41. The predicted molar refractivity (Wildman–Crippen MR) is 136 cm³/mol. The minimum absolute atomic E-state index is 0.211. The lowest BCUT2D eigenvalue weighted by Gasteiger charge is -2.42. The molecule has 2 rings (SSSR count). The summed E-state index contributed by atoms with van der Waals surface area (Å²) in [5.74, 6) is 35.7. The highest BCUT2D eigenvalue weighted by atomic mass is 16.5. The summed E-state index contributed by atoms with van der Waals surface area (Å²) in [4.78, 5) is 36.0. The Morgan fingerprint density at radius 1 is 0.972 bits per heavy atom. The fraction of sp³-hybridized carbons (Fsp3) is 0.367. The zero-order valence-electron chi connectivity index (χ0n) is 20.3. The summed E-state index contributed by atoms with van der Waals surface area (Å²) >= 11 is 0. The Morgan fingerprint density at radius 2 is 1.56 bits per heavy atom. The van der Waals surface area contributed by atoms with Gasteiger partial charge in [0.25, 0.3) is 0 Å². The highest BCUT2D eigenvalue weighted by molar-refractivity contribution is 6.34. The van der Waals surface area contributed by atoms with Crippen LogP contribution in [0.1, 0.15) is 40.0 Å². The van der Waals surface area contributed by atoms with Crippen LogP contribution < -0.4 is 10.6 Å². The molecule has 2 amide bonds. The third-order valence-corrected chi connectivity index (χ3v) is 5.41. The first kappa shape index (κ1) is 27.5. The summed E-state index contributed by atoms with van der Waals surface area (Å²) in [5, 5.41) is 5.39. The smallest absolute Gasteiger partial charge is 0.319 e. The second-order valence-electron chi connectivity index (χ2n) is 7.60. The summed E-state index contributed by atoms with van der Waals surface area (Å²) in [6, 6.07) is -1.13. The van der Waals surface area contributed by atoms with Crippen LogP contribution in [0.3, 0.4) is 0 Å². The highest BCUT2D eigenvalue weighted by Crippen LogP contribution is 2.37. The first-order valence-corrected chi connectivity index (χ1v) is 11.3. The summed E-state index contributed by atoms with van der Waals surface area (Å²) in [6.07, 6.45) is 2.40. The molecular weight excluding hydrogens is 452 g/mol. The van der Waals surface area contributed by atoms with Crippen molar-refractivity contribution < 1.29 is 19.1 Å². The topological polar surface area (TPSA) is 84.5 Å². The van der Waals surface area contributed by atoms with Crippen molar-refractivity contribution in [2.75, 3.05) is 6.61 Å². The maximum absolute atomic E-state index is 12.4. The lowest BCUT2D eigenvalue weighted by molar-refractivity contribution is -0.128. The van der Waals surface area contributed by atoms with Gasteiger partial charge in [-0.2, -0.15) is 0 Å². The number of hydrogen-bond donors (Lipinski definition) is 2. The van der Waals surface area contributed by atoms with E-state index in [0.717, 1.165) is 19.3 Å². The fourth-order valence-corrected chi connectivity index (χ4v) is 4.12. The van der Waals surface area contributed by atoms with Crippen molar-refractivity contribution in [3.8, 4) is 82.9 Å². The first-order chi connectivity index (χ1) is 17.5. The molecule has 0 radical (unpaired) electrons. The summed E-state index contributed by atoms with van der Waals surface area (Å²) in [7, 11) is 0. The van der Waals surface area contributed by atoms with Gasteiger partial charge in [0.05, 0.1) is 12.1 Å². The van der Waals surface area contributed by atoms with Gasteiger partial charge in [-0.3, -0.25) is 9.59 Å². The fourth-order valence-electron chi connectivity index (χ4n) is 4.12. The van der Waals surface area contributed by atoms with Crippen molar-refractivity contribution in [1.29, 1.82) is 0 Å². The first-order valence-electron chi connectivity index (χ1n) is 11.3. The van der Waals surface area contributed by atoms with E-state index in [1.54, 1.807) is 13.8 Å². The number of Topliss-reactive ketones (excluding diaryl/α,β-unsaturated/α-hetero) is 1. The Morgan fingerprint density at radius 3 is 2.11 bits per heavy atom. The standard InChI is InChI=1S/C30H24N2O4/c1-4-6-7-8-9-10-11-12-13-14-15-16-17-19-24-20-18-21-26(36-5-2)28(24)29-27(25(34)22-33)23(3)31-30(35)32-29/h22,24,26,28-29H,5,18,20-21H2,1-3H3,(H2,31,32,35). The van der Waals surface area contributed by atoms with Gasteiger partial charge < -0.3 is 15.4 Å². The van der Waals surface area contributed by atoms with Crippen molar-refractivity contribution in [1.82, 2.24) is 10.6 Å². The molecule has 6 nitrogen and oxygen atoms in total. The summed E-state index contributed by atoms with van der Waals surface area (Å²) in [5.41, 5.74) is 0.590. The molecule has 36 heavy (non-hydrogen) atoms. The van der Waals surface area contributed by atoms with Crippen LogP contribution in [0.5, 0.6) is 0 Å². The SMILES string of the molecule is CC#CC#CC#CC#CC#CC#CC#CC1CCCC(OCC)C1C1NC(=O)NC(C)=C1C(=O)C=O. The molecule has 4 atom stereocenters. The number of urea groups is 1. The predicted octanol–water partition coefficient (Wildman–Crippen LogP) is 1.57. The maximum Gasteiger partial charge on any atom is 0.319 e. The Bertz CT molecular complexity index is 1370. The zero-order valence-corrected chi connectivity index (χ0v) is 20.3. The minimum atomic E-state index is -0.699. The van der Waals surface area contributed by atoms with Gasteiger partial charge in [0.15, 0.2) is 6.29 Å². The van der Waals surface area contributed by atoms with E-state index in [4.69, 9.17) is 4.74 Å². The lowest BCUT2D eigenvalue weighted by Crippen LogP contribution is -2.57. The number of nitrogens with one attached hydrogen (secondary N) is 2. The van der Waals surface area contributed by atoms with Crippen LogP contribution in [0, 0.1) is 94.7 Å². The van der Waals surface area contributed by atoms with Gasteiger partial charge in [0, 0.05) is 29.7 Å². The van der Waals surface area contributed by atoms with Crippen molar-refractivity contribution in [2.45, 2.75) is 52.2 Å². The van der Waals surface area contributed by atoms with Crippen LogP contribution in [0.25, 0.3) is 0 Å². The number of hydrogen-bond acceptors (Lipinski definition) is 4. The average Bonchev–Trinajstić information content (AvgIpc) is 2.86. The molecule has 0 spiro atoms. The molecule has 0 saturated heterocycles. The van der Waals surface area contributed by atoms with Crippen LogP contribution in [0.15, 0.2) is 11.3 Å². The second-order valence-corrected chi connectivity index (χ2v) is 7.60. The van der Waals surface area contributed by atoms with Gasteiger partial charge in [0.2, 0.25) is 5.78 Å². The van der Waals surface area contributed by atoms with Gasteiger partial charge in [-0.05, 0) is 111 Å². The summed E-state index contributed by atoms with van der Waals surface area (Å²) < 4.78 is 5.97. The molecule has 1 heterocycles. The Hall–Kier alpha value is -4.77. The van der Waals surface area contributed by atoms with Gasteiger partial charge in [-0.1, -0.05) is 11.8 Å². The average molecular weight is 477 g/mol. The van der Waals surface area contributed by atoms with Crippen LogP contribution in [-0.4, -0.2) is 36.9 Å². The molecular formula is C30H24N2O4. The van der Waals surface area contributed by atoms with Gasteiger partial charge >= 0.3 is 6.03 Å². The molecule has 1 aliphatic carbocycles. The summed E-state index contributed by atoms with van der Waals surface area (Å²) in [6.45, 7) is 5.65. The molecule has 0 aromatic rings. The van der Waals surface area contributed by atoms with Crippen LogP contribution in [0.2, 0.25) is 0 Å². The van der Waals surface area contributed by atoms with Crippen LogP contribution in [0.4, 0.5) is 4.79 Å². The lowest BCUT2D eigenvalue weighted by atomic mass is 9.70. The number of allylic oxidation sites excluding steroid dienone is 1. The molecule has 2 aliphatic rings. The number of ketones is 1. The van der Waals surface area contributed by atoms with E-state index < -0.39 is 17.9 Å². The molecule has 1 aliphatic heterocycles. The van der Waals surface area contributed by atoms with Crippen LogP contribution >= 0.6 is 0 Å². The van der Waals surface area contributed by atoms with E-state index in [9.17, 15) is 14.4 Å². The zero-order chi connectivity index (χ0) is 26.2. The molecule has 6 heteroatoms. The number of ether oxygens (including phenoxy) is 1. The third kappa shape index (κ3) is 8.22. The van der Waals surface area contributed by atoms with E-state index in [-0.39, 0.29) is 29.8 Å². The Kier molecular flexibility index (Phi) is 11.6. The largest absolute Gasteiger partial charge is 0.378 e. The van der Waals surface area contributed by atoms with Crippen molar-refractivity contribution >= 4 is 18.1 Å². The molecule has 0 aromatic carbocycles. The van der Waals surface area contributed by atoms with E-state index in [0.29, 0.717) is 12.3 Å². The monoisotopic (exact) mass is 476 g/mol. The van der Waals surface area contributed by atoms with Gasteiger partial charge in [-0.25, -0.2) is 4.79 Å². The molecule has 1 saturated carbocycles. The molecule has 0 aromatic heterocycles. The number of amides is 2. The van der Waals surface area contributed by atoms with Crippen molar-refractivity contribution in [2.24, 2.45) is 11.8 Å². The number of aldehydes is 1. The molecule has 4 unspecified atom stereocenters. The Labute approximate surface area is 212 Å². The molecule has 2 N–H and O–H groups in total.